The largest absolute Gasteiger partial charge is 0.491 e. The van der Waals surface area contributed by atoms with Gasteiger partial charge in [-0.1, -0.05) is 18.2 Å². The lowest BCUT2D eigenvalue weighted by Crippen LogP contribution is -2.22. The van der Waals surface area contributed by atoms with Crippen molar-refractivity contribution in [1.82, 2.24) is 0 Å². The maximum absolute atomic E-state index is 12.8. The highest BCUT2D eigenvalue weighted by Crippen LogP contribution is 2.42. The van der Waals surface area contributed by atoms with Crippen LogP contribution in [0.2, 0.25) is 0 Å². The van der Waals surface area contributed by atoms with Crippen LogP contribution in [-0.2, 0) is 15.7 Å². The minimum atomic E-state index is -4.47. The molecule has 0 radical (unpaired) electrons. The molecule has 9 heteroatoms. The molecule has 0 aromatic heterocycles. The lowest BCUT2D eigenvalue weighted by Gasteiger charge is -2.21. The smallest absolute Gasteiger partial charge is 0.416 e. The molecule has 33 heavy (non-hydrogen) atoms. The van der Waals surface area contributed by atoms with Gasteiger partial charge in [-0.25, -0.2) is 0 Å². The van der Waals surface area contributed by atoms with Crippen LogP contribution in [0.15, 0.2) is 36.4 Å². The number of aliphatic carboxylic acids is 1. The Morgan fingerprint density at radius 2 is 2.09 bits per heavy atom. The Labute approximate surface area is 191 Å². The molecule has 2 fully saturated rings. The number of carbonyl (C=O) groups is 1. The van der Waals surface area contributed by atoms with Gasteiger partial charge >= 0.3 is 12.1 Å². The van der Waals surface area contributed by atoms with Gasteiger partial charge in [0.15, 0.2) is 0 Å². The maximum Gasteiger partial charge on any atom is 0.416 e. The molecule has 2 aliphatic rings. The van der Waals surface area contributed by atoms with Gasteiger partial charge in [0.25, 0.3) is 0 Å². The average Bonchev–Trinajstić information content (AvgIpc) is 2.91. The van der Waals surface area contributed by atoms with E-state index in [-0.39, 0.29) is 36.7 Å². The molecular weight excluding hydrogens is 441 g/mol. The molecule has 1 aliphatic heterocycles. The van der Waals surface area contributed by atoms with Crippen LogP contribution in [-0.4, -0.2) is 52.8 Å². The van der Waals surface area contributed by atoms with E-state index in [1.165, 1.54) is 18.2 Å². The predicted octanol–water partition coefficient (Wildman–Crippen LogP) is 4.05. The Hall–Kier alpha value is -2.10. The highest BCUT2D eigenvalue weighted by Gasteiger charge is 2.43. The van der Waals surface area contributed by atoms with Gasteiger partial charge in [-0.2, -0.15) is 13.2 Å². The molecule has 0 unspecified atom stereocenters. The third-order valence-corrected chi connectivity index (χ3v) is 6.48. The van der Waals surface area contributed by atoms with Crippen molar-refractivity contribution in [2.24, 2.45) is 17.8 Å². The lowest BCUT2D eigenvalue weighted by molar-refractivity contribution is -0.138. The molecule has 6 nitrogen and oxygen atoms in total. The molecule has 6 atom stereocenters. The van der Waals surface area contributed by atoms with Gasteiger partial charge in [0.1, 0.15) is 18.5 Å². The Bertz CT molecular complexity index is 812. The minimum absolute atomic E-state index is 0.0179. The zero-order valence-corrected chi connectivity index (χ0v) is 18.3. The van der Waals surface area contributed by atoms with Gasteiger partial charge in [-0.05, 0) is 55.7 Å². The number of aliphatic hydroxyl groups excluding tert-OH is 2. The Morgan fingerprint density at radius 3 is 2.82 bits per heavy atom. The third-order valence-electron chi connectivity index (χ3n) is 6.48. The van der Waals surface area contributed by atoms with E-state index >= 15 is 0 Å². The van der Waals surface area contributed by atoms with Crippen molar-refractivity contribution in [2.75, 3.05) is 13.2 Å². The second-order valence-corrected chi connectivity index (χ2v) is 8.93. The van der Waals surface area contributed by atoms with Crippen molar-refractivity contribution in [2.45, 2.75) is 63.0 Å². The van der Waals surface area contributed by atoms with Crippen molar-refractivity contribution in [3.8, 4) is 5.75 Å². The van der Waals surface area contributed by atoms with Crippen molar-refractivity contribution in [3.05, 3.63) is 42.0 Å². The Balaban J connectivity index is 1.51. The van der Waals surface area contributed by atoms with E-state index in [0.717, 1.165) is 31.4 Å². The second kappa shape index (κ2) is 11.4. The fourth-order valence-corrected chi connectivity index (χ4v) is 4.74. The summed E-state index contributed by atoms with van der Waals surface area (Å²) in [5.74, 6) is -0.592. The number of carboxylic acid groups (broad SMARTS) is 1. The van der Waals surface area contributed by atoms with E-state index in [9.17, 15) is 28.2 Å². The van der Waals surface area contributed by atoms with Crippen LogP contribution < -0.4 is 4.74 Å². The van der Waals surface area contributed by atoms with Crippen molar-refractivity contribution in [3.63, 3.8) is 0 Å². The first-order chi connectivity index (χ1) is 15.6. The van der Waals surface area contributed by atoms with E-state index in [1.807, 2.05) is 0 Å². The molecule has 1 heterocycles. The molecule has 3 N–H and O–H groups in total. The average molecular weight is 473 g/mol. The molecule has 1 saturated carbocycles. The number of hydrogen-bond donors (Lipinski definition) is 3. The van der Waals surface area contributed by atoms with Gasteiger partial charge in [0.2, 0.25) is 0 Å². The normalized spacial score (nSPS) is 28.9. The first kappa shape index (κ1) is 25.5. The number of rotatable bonds is 9. The van der Waals surface area contributed by atoms with E-state index in [2.05, 4.69) is 0 Å². The number of alkyl halides is 3. The van der Waals surface area contributed by atoms with Crippen LogP contribution >= 0.6 is 0 Å². The van der Waals surface area contributed by atoms with Crippen LogP contribution in [0.4, 0.5) is 13.2 Å². The lowest BCUT2D eigenvalue weighted by atomic mass is 9.86. The summed E-state index contributed by atoms with van der Waals surface area (Å²) in [6, 6.07) is 4.48. The highest BCUT2D eigenvalue weighted by molar-refractivity contribution is 5.66. The predicted molar refractivity (Wildman–Crippen MR) is 114 cm³/mol. The van der Waals surface area contributed by atoms with Crippen molar-refractivity contribution < 1.29 is 42.8 Å². The molecule has 0 spiro atoms. The molecule has 3 rings (SSSR count). The van der Waals surface area contributed by atoms with E-state index < -0.39 is 29.9 Å². The second-order valence-electron chi connectivity index (χ2n) is 8.93. The van der Waals surface area contributed by atoms with Crippen LogP contribution in [0.5, 0.6) is 5.75 Å². The summed E-state index contributed by atoms with van der Waals surface area (Å²) in [7, 11) is 0. The van der Waals surface area contributed by atoms with Crippen LogP contribution in [0.1, 0.15) is 44.1 Å². The number of ether oxygens (including phenoxy) is 2. The zero-order chi connectivity index (χ0) is 24.0. The summed E-state index contributed by atoms with van der Waals surface area (Å²) in [6.07, 6.45) is 0.848. The topological polar surface area (TPSA) is 96.2 Å². The minimum Gasteiger partial charge on any atom is -0.491 e. The molecule has 1 aromatic carbocycles. The monoisotopic (exact) mass is 472 g/mol. The fourth-order valence-electron chi connectivity index (χ4n) is 4.74. The quantitative estimate of drug-likeness (QED) is 0.470. The summed E-state index contributed by atoms with van der Waals surface area (Å²) < 4.78 is 49.8. The van der Waals surface area contributed by atoms with E-state index in [1.54, 1.807) is 6.08 Å². The molecular formula is C24H31F3O6. The number of benzene rings is 1. The molecule has 184 valence electrons. The first-order valence-corrected chi connectivity index (χ1v) is 11.3. The standard InChI is InChI=1S/C24H31F3O6/c25-24(26,27)16-4-2-5-18(11-16)32-14-17(28)8-10-19-20-9-7-15(3-1-6-23(30)31)13-33-22(20)12-21(19)29/h2,4-5,8,10-11,15,17,19-22,28-29H,1,3,6-7,9,12-14H2,(H,30,31)/b10-8+/t15-,17+,19+,20+,21+,22-/m0/s1. The van der Waals surface area contributed by atoms with Crippen molar-refractivity contribution in [1.29, 1.82) is 0 Å². The molecule has 0 bridgehead atoms. The highest BCUT2D eigenvalue weighted by atomic mass is 19.4. The van der Waals surface area contributed by atoms with Gasteiger partial charge in [-0.15, -0.1) is 0 Å². The Morgan fingerprint density at radius 1 is 1.30 bits per heavy atom. The number of fused-ring (bicyclic) bond motifs is 1. The van der Waals surface area contributed by atoms with Crippen molar-refractivity contribution >= 4 is 5.97 Å². The first-order valence-electron chi connectivity index (χ1n) is 11.3. The summed E-state index contributed by atoms with van der Waals surface area (Å²) >= 11 is 0. The Kier molecular flexibility index (Phi) is 8.78. The molecule has 1 saturated heterocycles. The van der Waals surface area contributed by atoms with Gasteiger partial charge in [0, 0.05) is 25.4 Å². The zero-order valence-electron chi connectivity index (χ0n) is 18.3. The molecule has 0 amide bonds. The number of halogens is 3. The summed E-state index contributed by atoms with van der Waals surface area (Å²) in [5, 5.41) is 29.5. The molecule has 1 aliphatic carbocycles. The van der Waals surface area contributed by atoms with Gasteiger partial charge in [0.05, 0.1) is 17.8 Å². The number of aliphatic hydroxyl groups is 2. The third kappa shape index (κ3) is 7.45. The summed E-state index contributed by atoms with van der Waals surface area (Å²) in [5.41, 5.74) is -0.820. The van der Waals surface area contributed by atoms with E-state index in [0.29, 0.717) is 25.4 Å². The van der Waals surface area contributed by atoms with Gasteiger partial charge in [-0.3, -0.25) is 4.79 Å². The SMILES string of the molecule is O=C(O)CCC[C@H]1CC[C@@H]2[C@@H](/C=C/[C@@H](O)COc3cccc(C(F)(F)F)c3)[C@H](O)C[C@@H]2OC1. The number of carboxylic acids is 1. The molecule has 1 aromatic rings. The van der Waals surface area contributed by atoms with E-state index in [4.69, 9.17) is 14.6 Å². The van der Waals surface area contributed by atoms with Gasteiger partial charge < -0.3 is 24.8 Å². The fraction of sp³-hybridized carbons (Fsp3) is 0.625. The summed E-state index contributed by atoms with van der Waals surface area (Å²) in [6.45, 7) is 0.342. The number of hydrogen-bond acceptors (Lipinski definition) is 5. The van der Waals surface area contributed by atoms with Crippen LogP contribution in [0.3, 0.4) is 0 Å². The van der Waals surface area contributed by atoms with Crippen LogP contribution in [0.25, 0.3) is 0 Å². The summed E-state index contributed by atoms with van der Waals surface area (Å²) in [4.78, 5) is 10.7. The van der Waals surface area contributed by atoms with Crippen LogP contribution in [0, 0.1) is 17.8 Å². The maximum atomic E-state index is 12.8.